The van der Waals surface area contributed by atoms with Gasteiger partial charge in [0, 0.05) is 18.0 Å². The molecule has 2 nitrogen and oxygen atoms in total. The lowest BCUT2D eigenvalue weighted by Crippen LogP contribution is -2.43. The summed E-state index contributed by atoms with van der Waals surface area (Å²) < 4.78 is 0. The highest BCUT2D eigenvalue weighted by molar-refractivity contribution is 5.81. The molecule has 2 rings (SSSR count). The van der Waals surface area contributed by atoms with Gasteiger partial charge < -0.3 is 4.90 Å². The molecule has 1 aliphatic carbocycles. The molecule has 172 valence electrons. The van der Waals surface area contributed by atoms with E-state index in [1.54, 1.807) is 0 Å². The van der Waals surface area contributed by atoms with Crippen molar-refractivity contribution in [1.29, 1.82) is 0 Å². The monoisotopic (exact) mass is 407 g/mol. The van der Waals surface area contributed by atoms with Gasteiger partial charge in [0.15, 0.2) is 0 Å². The zero-order valence-electron chi connectivity index (χ0n) is 22.0. The smallest absolute Gasteiger partial charge is 0.226 e. The number of hydrogen-bond donors (Lipinski definition) is 0. The van der Waals surface area contributed by atoms with Crippen LogP contribution in [0.5, 0.6) is 0 Å². The topological polar surface area (TPSA) is 20.3 Å². The molecule has 0 N–H and O–H groups in total. The van der Waals surface area contributed by atoms with Gasteiger partial charge in [0.1, 0.15) is 0 Å². The van der Waals surface area contributed by atoms with Gasteiger partial charge in [-0.1, -0.05) is 68.7 Å². The highest BCUT2D eigenvalue weighted by Gasteiger charge is 2.39. The fraction of sp³-hybridized carbons (Fsp3) is 0.963. The standard InChI is InChI=1S/C14H28.C13H25NO/c1-13(2,3)10-11-7-8-12(9-11)14(4,5)6;1-12(2,3)9-10-7-8-14(11(10)15)13(4,5)6/h11-12H,7-10H2,1-6H3;10H,7-9H2,1-6H3/t11-,12?;10-/m11/s1. The summed E-state index contributed by atoms with van der Waals surface area (Å²) >= 11 is 0. The number of rotatable bonds is 2. The maximum absolute atomic E-state index is 12.2. The Morgan fingerprint density at radius 2 is 1.28 bits per heavy atom. The second-order valence-corrected chi connectivity index (χ2v) is 14.4. The third kappa shape index (κ3) is 9.43. The highest BCUT2D eigenvalue weighted by Crippen LogP contribution is 2.45. The molecule has 2 fully saturated rings. The van der Waals surface area contributed by atoms with E-state index in [0.717, 1.165) is 31.2 Å². The number of nitrogens with zero attached hydrogens (tertiary/aromatic N) is 1. The van der Waals surface area contributed by atoms with E-state index in [4.69, 9.17) is 0 Å². The van der Waals surface area contributed by atoms with E-state index in [1.165, 1.54) is 25.7 Å². The Labute approximate surface area is 183 Å². The van der Waals surface area contributed by atoms with Crippen molar-refractivity contribution < 1.29 is 4.79 Å². The maximum atomic E-state index is 12.2. The average Bonchev–Trinajstić information content (AvgIpc) is 3.03. The number of likely N-dealkylation sites (tertiary alicyclic amines) is 1. The number of carbonyl (C=O) groups is 1. The van der Waals surface area contributed by atoms with E-state index in [2.05, 4.69) is 83.1 Å². The predicted octanol–water partition coefficient (Wildman–Crippen LogP) is 7.95. The molecule has 1 saturated heterocycles. The summed E-state index contributed by atoms with van der Waals surface area (Å²) in [4.78, 5) is 14.2. The Morgan fingerprint density at radius 3 is 1.62 bits per heavy atom. The quantitative estimate of drug-likeness (QED) is 0.454. The van der Waals surface area contributed by atoms with Crippen LogP contribution in [0, 0.1) is 34.0 Å². The predicted molar refractivity (Wildman–Crippen MR) is 128 cm³/mol. The van der Waals surface area contributed by atoms with E-state index in [1.807, 2.05) is 4.90 Å². The second-order valence-electron chi connectivity index (χ2n) is 14.4. The Morgan fingerprint density at radius 1 is 0.759 bits per heavy atom. The zero-order chi connectivity index (χ0) is 22.8. The summed E-state index contributed by atoms with van der Waals surface area (Å²) in [7, 11) is 0. The molecule has 1 aliphatic heterocycles. The Bertz CT molecular complexity index is 521. The number of hydrogen-bond acceptors (Lipinski definition) is 1. The van der Waals surface area contributed by atoms with E-state index in [9.17, 15) is 4.79 Å². The normalized spacial score (nSPS) is 26.6. The minimum Gasteiger partial charge on any atom is -0.338 e. The third-order valence-electron chi connectivity index (χ3n) is 6.65. The summed E-state index contributed by atoms with van der Waals surface area (Å²) in [6.45, 7) is 28.2. The van der Waals surface area contributed by atoms with Gasteiger partial charge in [-0.05, 0) is 81.0 Å². The van der Waals surface area contributed by atoms with Crippen LogP contribution in [-0.2, 0) is 4.79 Å². The molecule has 0 spiro atoms. The van der Waals surface area contributed by atoms with Gasteiger partial charge >= 0.3 is 0 Å². The molecule has 0 bridgehead atoms. The summed E-state index contributed by atoms with van der Waals surface area (Å²) in [6, 6.07) is 0. The van der Waals surface area contributed by atoms with Crippen molar-refractivity contribution in [2.75, 3.05) is 6.54 Å². The largest absolute Gasteiger partial charge is 0.338 e. The van der Waals surface area contributed by atoms with Gasteiger partial charge in [0.25, 0.3) is 0 Å². The molecule has 1 heterocycles. The Balaban J connectivity index is 0.000000291. The number of carbonyl (C=O) groups excluding carboxylic acids is 1. The van der Waals surface area contributed by atoms with Gasteiger partial charge in [0.05, 0.1) is 0 Å². The molecule has 29 heavy (non-hydrogen) atoms. The van der Waals surface area contributed by atoms with E-state index in [-0.39, 0.29) is 16.9 Å². The fourth-order valence-corrected chi connectivity index (χ4v) is 5.25. The third-order valence-corrected chi connectivity index (χ3v) is 6.65. The molecular formula is C27H53NO. The van der Waals surface area contributed by atoms with Crippen LogP contribution in [0.3, 0.4) is 0 Å². The molecule has 2 aliphatic rings. The number of amides is 1. The summed E-state index contributed by atoms with van der Waals surface area (Å²) in [5.41, 5.74) is 1.31. The van der Waals surface area contributed by atoms with Crippen LogP contribution in [0.2, 0.25) is 0 Å². The highest BCUT2D eigenvalue weighted by atomic mass is 16.2. The second kappa shape index (κ2) is 9.31. The molecule has 0 radical (unpaired) electrons. The van der Waals surface area contributed by atoms with Gasteiger partial charge in [-0.3, -0.25) is 4.79 Å². The van der Waals surface area contributed by atoms with Crippen molar-refractivity contribution in [3.05, 3.63) is 0 Å². The first-order valence-electron chi connectivity index (χ1n) is 12.1. The molecule has 0 aromatic heterocycles. The van der Waals surface area contributed by atoms with Gasteiger partial charge in [0.2, 0.25) is 5.91 Å². The minimum absolute atomic E-state index is 0.0102. The summed E-state index contributed by atoms with van der Waals surface area (Å²) in [5, 5.41) is 0. The van der Waals surface area contributed by atoms with Crippen LogP contribution in [0.4, 0.5) is 0 Å². The van der Waals surface area contributed by atoms with Crippen LogP contribution in [0.15, 0.2) is 0 Å². The maximum Gasteiger partial charge on any atom is 0.226 e. The first-order chi connectivity index (χ1) is 12.8. The van der Waals surface area contributed by atoms with Crippen LogP contribution in [0.25, 0.3) is 0 Å². The molecule has 3 atom stereocenters. The van der Waals surface area contributed by atoms with E-state index >= 15 is 0 Å². The molecule has 0 aromatic rings. The fourth-order valence-electron chi connectivity index (χ4n) is 5.25. The van der Waals surface area contributed by atoms with E-state index in [0.29, 0.717) is 16.7 Å². The molecule has 1 saturated carbocycles. The van der Waals surface area contributed by atoms with Gasteiger partial charge in [-0.2, -0.15) is 0 Å². The van der Waals surface area contributed by atoms with Crippen molar-refractivity contribution in [1.82, 2.24) is 4.90 Å². The SMILES string of the molecule is CC(C)(C)C[C@@H]1CCC(C(C)(C)C)C1.CC(C)(C)C[C@H]1CCN(C(C)(C)C)C1=O. The zero-order valence-corrected chi connectivity index (χ0v) is 22.0. The lowest BCUT2D eigenvalue weighted by atomic mass is 9.78. The van der Waals surface area contributed by atoms with Crippen molar-refractivity contribution in [2.24, 2.45) is 34.0 Å². The molecule has 2 heteroatoms. The van der Waals surface area contributed by atoms with Crippen LogP contribution < -0.4 is 0 Å². The Hall–Kier alpha value is -0.530. The van der Waals surface area contributed by atoms with Gasteiger partial charge in [-0.25, -0.2) is 0 Å². The molecular weight excluding hydrogens is 354 g/mol. The van der Waals surface area contributed by atoms with Gasteiger partial charge in [-0.15, -0.1) is 0 Å². The van der Waals surface area contributed by atoms with Crippen LogP contribution >= 0.6 is 0 Å². The van der Waals surface area contributed by atoms with Crippen LogP contribution in [-0.4, -0.2) is 22.9 Å². The van der Waals surface area contributed by atoms with E-state index < -0.39 is 0 Å². The van der Waals surface area contributed by atoms with Crippen molar-refractivity contribution in [3.63, 3.8) is 0 Å². The van der Waals surface area contributed by atoms with Crippen LogP contribution in [0.1, 0.15) is 122 Å². The van der Waals surface area contributed by atoms with Crippen molar-refractivity contribution in [3.8, 4) is 0 Å². The Kier molecular flexibility index (Phi) is 8.51. The first-order valence-corrected chi connectivity index (χ1v) is 12.1. The molecule has 1 unspecified atom stereocenters. The lowest BCUT2D eigenvalue weighted by Gasteiger charge is -2.32. The molecule has 1 amide bonds. The summed E-state index contributed by atoms with van der Waals surface area (Å²) in [6.07, 6.45) is 7.87. The van der Waals surface area contributed by atoms with Crippen molar-refractivity contribution >= 4 is 5.91 Å². The average molecular weight is 408 g/mol. The van der Waals surface area contributed by atoms with Crippen molar-refractivity contribution in [2.45, 2.75) is 127 Å². The lowest BCUT2D eigenvalue weighted by molar-refractivity contribution is -0.135. The minimum atomic E-state index is -0.0102. The summed E-state index contributed by atoms with van der Waals surface area (Å²) in [5.74, 6) is 2.58. The first kappa shape index (κ1) is 26.5. The molecule has 0 aromatic carbocycles.